The van der Waals surface area contributed by atoms with Crippen LogP contribution in [0.4, 0.5) is 0 Å². The van der Waals surface area contributed by atoms with Crippen LogP contribution in [0.2, 0.25) is 0 Å². The van der Waals surface area contributed by atoms with Gasteiger partial charge in [-0.25, -0.2) is 0 Å². The number of benzene rings is 1. The van der Waals surface area contributed by atoms with Gasteiger partial charge in [0.05, 0.1) is 6.54 Å². The Hall–Kier alpha value is -1.91. The van der Waals surface area contributed by atoms with Crippen LogP contribution in [0, 0.1) is 0 Å². The fourth-order valence-electron chi connectivity index (χ4n) is 1.71. The lowest BCUT2D eigenvalue weighted by molar-refractivity contribution is -0.137. The van der Waals surface area contributed by atoms with Crippen molar-refractivity contribution in [3.63, 3.8) is 0 Å². The first-order chi connectivity index (χ1) is 8.25. The summed E-state index contributed by atoms with van der Waals surface area (Å²) in [6.07, 6.45) is 2.77. The third-order valence-electron chi connectivity index (χ3n) is 2.58. The van der Waals surface area contributed by atoms with Gasteiger partial charge in [0.25, 0.3) is 0 Å². The van der Waals surface area contributed by atoms with Crippen LogP contribution < -0.4 is 0 Å². The molecule has 1 heterocycles. The minimum Gasteiger partial charge on any atom is -0.481 e. The monoisotopic (exact) mass is 233 g/mol. The molecule has 0 radical (unpaired) electrons. The zero-order valence-electron chi connectivity index (χ0n) is 9.54. The summed E-state index contributed by atoms with van der Waals surface area (Å²) in [7, 11) is 0. The molecule has 0 atom stereocenters. The number of fused-ring (bicyclic) bond motifs is 1. The van der Waals surface area contributed by atoms with Gasteiger partial charge in [0, 0.05) is 6.42 Å². The van der Waals surface area contributed by atoms with E-state index in [0.29, 0.717) is 0 Å². The van der Waals surface area contributed by atoms with E-state index < -0.39 is 5.97 Å². The smallest absolute Gasteiger partial charge is 0.303 e. The van der Waals surface area contributed by atoms with Gasteiger partial charge in [-0.15, -0.1) is 0 Å². The quantitative estimate of drug-likeness (QED) is 0.775. The number of carboxylic acid groups (broad SMARTS) is 1. The molecule has 0 aliphatic carbocycles. The molecule has 2 aromatic rings. The van der Waals surface area contributed by atoms with Crippen molar-refractivity contribution < 1.29 is 9.90 Å². The predicted molar refractivity (Wildman–Crippen MR) is 63.6 cm³/mol. The standard InChI is InChI=1S/C12H15N3O2/c16-12(17)8-2-1-5-9-15-13-10-6-3-4-7-11(10)14-15/h3-4,6-7H,1-2,5,8-9H2,(H,16,17). The van der Waals surface area contributed by atoms with Crippen molar-refractivity contribution in [2.75, 3.05) is 0 Å². The van der Waals surface area contributed by atoms with E-state index in [2.05, 4.69) is 10.2 Å². The zero-order chi connectivity index (χ0) is 12.1. The van der Waals surface area contributed by atoms with Crippen LogP contribution in [0.15, 0.2) is 24.3 Å². The Labute approximate surface area is 99.1 Å². The first kappa shape index (κ1) is 11.6. The van der Waals surface area contributed by atoms with Gasteiger partial charge in [0.2, 0.25) is 0 Å². The third-order valence-corrected chi connectivity index (χ3v) is 2.58. The van der Waals surface area contributed by atoms with E-state index in [1.54, 1.807) is 4.80 Å². The number of aliphatic carboxylic acids is 1. The van der Waals surface area contributed by atoms with E-state index in [-0.39, 0.29) is 6.42 Å². The van der Waals surface area contributed by atoms with Gasteiger partial charge in [-0.2, -0.15) is 15.0 Å². The summed E-state index contributed by atoms with van der Waals surface area (Å²) in [4.78, 5) is 12.0. The summed E-state index contributed by atoms with van der Waals surface area (Å²) < 4.78 is 0. The average Bonchev–Trinajstić information content (AvgIpc) is 2.70. The van der Waals surface area contributed by atoms with Crippen LogP contribution in [0.5, 0.6) is 0 Å². The number of unbranched alkanes of at least 4 members (excludes halogenated alkanes) is 2. The van der Waals surface area contributed by atoms with Crippen LogP contribution in [0.3, 0.4) is 0 Å². The number of hydrogen-bond donors (Lipinski definition) is 1. The maximum Gasteiger partial charge on any atom is 0.303 e. The first-order valence-electron chi connectivity index (χ1n) is 5.77. The molecule has 90 valence electrons. The molecule has 0 aliphatic rings. The summed E-state index contributed by atoms with van der Waals surface area (Å²) in [6, 6.07) is 7.74. The van der Waals surface area contributed by atoms with Gasteiger partial charge in [-0.05, 0) is 25.0 Å². The van der Waals surface area contributed by atoms with Crippen LogP contribution >= 0.6 is 0 Å². The number of nitrogens with zero attached hydrogens (tertiary/aromatic N) is 3. The molecular weight excluding hydrogens is 218 g/mol. The molecule has 1 N–H and O–H groups in total. The fraction of sp³-hybridized carbons (Fsp3) is 0.417. The first-order valence-corrected chi connectivity index (χ1v) is 5.77. The summed E-state index contributed by atoms with van der Waals surface area (Å²) >= 11 is 0. The zero-order valence-corrected chi connectivity index (χ0v) is 9.54. The van der Waals surface area contributed by atoms with E-state index in [0.717, 1.165) is 36.8 Å². The second kappa shape index (κ2) is 5.43. The molecule has 5 heteroatoms. The van der Waals surface area contributed by atoms with E-state index in [1.165, 1.54) is 0 Å². The topological polar surface area (TPSA) is 68.0 Å². The van der Waals surface area contributed by atoms with Crippen molar-refractivity contribution in [1.29, 1.82) is 0 Å². The van der Waals surface area contributed by atoms with Crippen LogP contribution in [0.25, 0.3) is 11.0 Å². The minimum atomic E-state index is -0.729. The SMILES string of the molecule is O=C(O)CCCCCn1nc2ccccc2n1. The number of carbonyl (C=O) groups is 1. The molecule has 0 fully saturated rings. The Morgan fingerprint density at radius 1 is 1.12 bits per heavy atom. The predicted octanol–water partition coefficient (Wildman–Crippen LogP) is 2.08. The van der Waals surface area contributed by atoms with Crippen molar-refractivity contribution >= 4 is 17.0 Å². The van der Waals surface area contributed by atoms with Crippen molar-refractivity contribution in [3.8, 4) is 0 Å². The van der Waals surface area contributed by atoms with E-state index in [1.807, 2.05) is 24.3 Å². The number of aryl methyl sites for hydroxylation is 1. The molecule has 0 saturated carbocycles. The Balaban J connectivity index is 1.81. The van der Waals surface area contributed by atoms with Gasteiger partial charge in [-0.1, -0.05) is 18.6 Å². The number of rotatable bonds is 6. The highest BCUT2D eigenvalue weighted by Crippen LogP contribution is 2.08. The van der Waals surface area contributed by atoms with Gasteiger partial charge in [0.15, 0.2) is 0 Å². The maximum absolute atomic E-state index is 10.3. The van der Waals surface area contributed by atoms with Gasteiger partial charge in [-0.3, -0.25) is 4.79 Å². The molecule has 1 aromatic heterocycles. The molecule has 0 saturated heterocycles. The largest absolute Gasteiger partial charge is 0.481 e. The second-order valence-corrected chi connectivity index (χ2v) is 3.99. The highest BCUT2D eigenvalue weighted by atomic mass is 16.4. The van der Waals surface area contributed by atoms with Gasteiger partial charge < -0.3 is 5.11 Å². The third kappa shape index (κ3) is 3.27. The molecule has 0 unspecified atom stereocenters. The normalized spacial score (nSPS) is 10.8. The lowest BCUT2D eigenvalue weighted by atomic mass is 10.2. The molecule has 17 heavy (non-hydrogen) atoms. The summed E-state index contributed by atoms with van der Waals surface area (Å²) in [5.74, 6) is -0.729. The summed E-state index contributed by atoms with van der Waals surface area (Å²) in [5, 5.41) is 17.2. The Morgan fingerprint density at radius 2 is 1.76 bits per heavy atom. The van der Waals surface area contributed by atoms with Gasteiger partial charge >= 0.3 is 5.97 Å². The molecule has 0 amide bonds. The Bertz CT molecular complexity index is 474. The van der Waals surface area contributed by atoms with Crippen molar-refractivity contribution in [2.24, 2.45) is 0 Å². The summed E-state index contributed by atoms with van der Waals surface area (Å²) in [5.41, 5.74) is 1.80. The maximum atomic E-state index is 10.3. The Morgan fingerprint density at radius 3 is 2.35 bits per heavy atom. The average molecular weight is 233 g/mol. The number of hydrogen-bond acceptors (Lipinski definition) is 3. The lowest BCUT2D eigenvalue weighted by Gasteiger charge is -1.98. The van der Waals surface area contributed by atoms with Crippen LogP contribution in [-0.4, -0.2) is 26.1 Å². The highest BCUT2D eigenvalue weighted by Gasteiger charge is 2.01. The van der Waals surface area contributed by atoms with E-state index >= 15 is 0 Å². The number of aromatic nitrogens is 3. The van der Waals surface area contributed by atoms with E-state index in [4.69, 9.17) is 5.11 Å². The fourth-order valence-corrected chi connectivity index (χ4v) is 1.71. The molecule has 0 bridgehead atoms. The molecule has 0 spiro atoms. The summed E-state index contributed by atoms with van der Waals surface area (Å²) in [6.45, 7) is 0.744. The second-order valence-electron chi connectivity index (χ2n) is 3.99. The Kier molecular flexibility index (Phi) is 3.69. The van der Waals surface area contributed by atoms with Crippen molar-refractivity contribution in [1.82, 2.24) is 15.0 Å². The molecule has 5 nitrogen and oxygen atoms in total. The lowest BCUT2D eigenvalue weighted by Crippen LogP contribution is -2.02. The van der Waals surface area contributed by atoms with Crippen LogP contribution in [-0.2, 0) is 11.3 Å². The number of carboxylic acids is 1. The molecule has 2 rings (SSSR count). The van der Waals surface area contributed by atoms with Gasteiger partial charge in [0.1, 0.15) is 11.0 Å². The highest BCUT2D eigenvalue weighted by molar-refractivity contribution is 5.72. The van der Waals surface area contributed by atoms with Crippen molar-refractivity contribution in [3.05, 3.63) is 24.3 Å². The van der Waals surface area contributed by atoms with E-state index in [9.17, 15) is 4.79 Å². The molecule has 0 aliphatic heterocycles. The van der Waals surface area contributed by atoms with Crippen LogP contribution in [0.1, 0.15) is 25.7 Å². The molecule has 1 aromatic carbocycles. The molecular formula is C12H15N3O2. The minimum absolute atomic E-state index is 0.245. The van der Waals surface area contributed by atoms with Crippen molar-refractivity contribution in [2.45, 2.75) is 32.2 Å².